The van der Waals surface area contributed by atoms with Crippen molar-refractivity contribution in [1.29, 1.82) is 0 Å². The average molecular weight is 386 g/mol. The summed E-state index contributed by atoms with van der Waals surface area (Å²) in [7, 11) is 4.11. The molecular weight excluding hydrogens is 360 g/mol. The first kappa shape index (κ1) is 20.3. The second-order valence-electron chi connectivity index (χ2n) is 7.00. The van der Waals surface area contributed by atoms with E-state index in [0.717, 1.165) is 35.7 Å². The van der Waals surface area contributed by atoms with E-state index in [1.807, 2.05) is 66.7 Å². The van der Waals surface area contributed by atoms with Crippen molar-refractivity contribution in [2.24, 2.45) is 0 Å². The molecule has 0 saturated heterocycles. The van der Waals surface area contributed by atoms with Crippen LogP contribution in [0, 0.1) is 0 Å². The monoisotopic (exact) mass is 386 g/mol. The van der Waals surface area contributed by atoms with Crippen LogP contribution in [0.15, 0.2) is 79.1 Å². The van der Waals surface area contributed by atoms with Crippen molar-refractivity contribution in [3.8, 4) is 0 Å². The van der Waals surface area contributed by atoms with Crippen molar-refractivity contribution >= 4 is 28.9 Å². The molecule has 5 heteroatoms. The Hall–Kier alpha value is -3.44. The summed E-state index contributed by atoms with van der Waals surface area (Å²) >= 11 is 0. The lowest BCUT2D eigenvalue weighted by atomic mass is 10.1. The zero-order valence-corrected chi connectivity index (χ0v) is 16.8. The molecule has 0 aliphatic heterocycles. The van der Waals surface area contributed by atoms with Gasteiger partial charge in [0.05, 0.1) is 11.9 Å². The maximum atomic E-state index is 12.6. The minimum atomic E-state index is -0.0342. The number of nitrogens with zero attached hydrogens (tertiary/aromatic N) is 2. The molecule has 0 aliphatic carbocycles. The van der Waals surface area contributed by atoms with E-state index in [9.17, 15) is 4.79 Å². The van der Waals surface area contributed by atoms with E-state index in [-0.39, 0.29) is 5.78 Å². The molecule has 0 atom stereocenters. The lowest BCUT2D eigenvalue weighted by Crippen LogP contribution is -2.20. The lowest BCUT2D eigenvalue weighted by molar-refractivity contribution is 0.104. The third kappa shape index (κ3) is 6.59. The molecule has 3 rings (SSSR count). The number of allylic oxidation sites excluding steroid dienone is 1. The van der Waals surface area contributed by atoms with Gasteiger partial charge in [-0.15, -0.1) is 0 Å². The van der Waals surface area contributed by atoms with Crippen LogP contribution in [0.4, 0.5) is 17.1 Å². The zero-order chi connectivity index (χ0) is 20.5. The van der Waals surface area contributed by atoms with Crippen LogP contribution in [0.5, 0.6) is 0 Å². The number of likely N-dealkylation sites (N-methyl/N-ethyl adjacent to an activating group) is 1. The van der Waals surface area contributed by atoms with Crippen LogP contribution in [-0.4, -0.2) is 42.9 Å². The van der Waals surface area contributed by atoms with Crippen molar-refractivity contribution in [3.05, 3.63) is 90.3 Å². The normalized spacial score (nSPS) is 11.0. The van der Waals surface area contributed by atoms with E-state index in [1.165, 1.54) is 0 Å². The molecule has 0 unspecified atom stereocenters. The van der Waals surface area contributed by atoms with Gasteiger partial charge in [0.1, 0.15) is 0 Å². The summed E-state index contributed by atoms with van der Waals surface area (Å²) in [6.45, 7) is 1.87. The van der Waals surface area contributed by atoms with E-state index >= 15 is 0 Å². The SMILES string of the molecule is CN(C)CCNc1ccc(C=CC(=O)c2cccc(Nc3cccnc3)c2)cc1. The molecule has 0 bridgehead atoms. The molecule has 1 aromatic heterocycles. The summed E-state index contributed by atoms with van der Waals surface area (Å²) in [5, 5.41) is 6.63. The number of ketones is 1. The van der Waals surface area contributed by atoms with E-state index in [0.29, 0.717) is 5.56 Å². The van der Waals surface area contributed by atoms with Crippen molar-refractivity contribution in [2.45, 2.75) is 0 Å². The highest BCUT2D eigenvalue weighted by Gasteiger charge is 2.03. The van der Waals surface area contributed by atoms with E-state index in [1.54, 1.807) is 18.5 Å². The van der Waals surface area contributed by atoms with Crippen LogP contribution in [0.2, 0.25) is 0 Å². The molecule has 5 nitrogen and oxygen atoms in total. The molecule has 2 N–H and O–H groups in total. The number of rotatable bonds is 9. The summed E-state index contributed by atoms with van der Waals surface area (Å²) < 4.78 is 0. The average Bonchev–Trinajstić information content (AvgIpc) is 2.73. The number of pyridine rings is 1. The molecule has 0 aliphatic rings. The minimum absolute atomic E-state index is 0.0342. The van der Waals surface area contributed by atoms with Crippen molar-refractivity contribution in [1.82, 2.24) is 9.88 Å². The lowest BCUT2D eigenvalue weighted by Gasteiger charge is -2.11. The first-order valence-electron chi connectivity index (χ1n) is 9.58. The predicted octanol–water partition coefficient (Wildman–Crippen LogP) is 4.69. The van der Waals surface area contributed by atoms with E-state index < -0.39 is 0 Å². The van der Waals surface area contributed by atoms with Gasteiger partial charge in [-0.2, -0.15) is 0 Å². The molecule has 29 heavy (non-hydrogen) atoms. The molecule has 1 heterocycles. The first-order valence-corrected chi connectivity index (χ1v) is 9.58. The Labute approximate surface area is 172 Å². The van der Waals surface area contributed by atoms with Gasteiger partial charge in [-0.05, 0) is 62.1 Å². The highest BCUT2D eigenvalue weighted by Crippen LogP contribution is 2.18. The predicted molar refractivity (Wildman–Crippen MR) is 121 cm³/mol. The van der Waals surface area contributed by atoms with Gasteiger partial charge < -0.3 is 15.5 Å². The molecule has 0 spiro atoms. The summed E-state index contributed by atoms with van der Waals surface area (Å²) in [6.07, 6.45) is 6.92. The minimum Gasteiger partial charge on any atom is -0.384 e. The Bertz CT molecular complexity index is 950. The molecule has 0 radical (unpaired) electrons. The summed E-state index contributed by atoms with van der Waals surface area (Å²) in [5.41, 5.74) is 4.43. The molecule has 0 saturated carbocycles. The number of hydrogen-bond acceptors (Lipinski definition) is 5. The Morgan fingerprint density at radius 1 is 1.00 bits per heavy atom. The highest BCUT2D eigenvalue weighted by molar-refractivity contribution is 6.07. The number of nitrogens with one attached hydrogen (secondary N) is 2. The van der Waals surface area contributed by atoms with Crippen LogP contribution in [-0.2, 0) is 0 Å². The Kier molecular flexibility index (Phi) is 7.14. The van der Waals surface area contributed by atoms with Gasteiger partial charge in [0.25, 0.3) is 0 Å². The van der Waals surface area contributed by atoms with Gasteiger partial charge in [-0.25, -0.2) is 0 Å². The zero-order valence-electron chi connectivity index (χ0n) is 16.8. The Balaban J connectivity index is 1.59. The fourth-order valence-electron chi connectivity index (χ4n) is 2.76. The molecular formula is C24H26N4O. The smallest absolute Gasteiger partial charge is 0.185 e. The molecule has 0 fully saturated rings. The Morgan fingerprint density at radius 2 is 1.79 bits per heavy atom. The molecule has 0 amide bonds. The van der Waals surface area contributed by atoms with Gasteiger partial charge in [-0.3, -0.25) is 9.78 Å². The third-order valence-corrected chi connectivity index (χ3v) is 4.32. The molecule has 3 aromatic rings. The van der Waals surface area contributed by atoms with Crippen molar-refractivity contribution < 1.29 is 4.79 Å². The van der Waals surface area contributed by atoms with Crippen LogP contribution < -0.4 is 10.6 Å². The maximum absolute atomic E-state index is 12.6. The largest absolute Gasteiger partial charge is 0.384 e. The van der Waals surface area contributed by atoms with E-state index in [4.69, 9.17) is 0 Å². The van der Waals surface area contributed by atoms with Crippen LogP contribution >= 0.6 is 0 Å². The third-order valence-electron chi connectivity index (χ3n) is 4.32. The summed E-state index contributed by atoms with van der Waals surface area (Å²) in [4.78, 5) is 18.8. The maximum Gasteiger partial charge on any atom is 0.185 e. The number of carbonyl (C=O) groups excluding carboxylic acids is 1. The second-order valence-corrected chi connectivity index (χ2v) is 7.00. The topological polar surface area (TPSA) is 57.3 Å². The van der Waals surface area contributed by atoms with Crippen LogP contribution in [0.3, 0.4) is 0 Å². The van der Waals surface area contributed by atoms with Crippen molar-refractivity contribution in [2.75, 3.05) is 37.8 Å². The number of aromatic nitrogens is 1. The number of anilines is 3. The molecule has 148 valence electrons. The van der Waals surface area contributed by atoms with Crippen LogP contribution in [0.25, 0.3) is 6.08 Å². The molecule has 2 aromatic carbocycles. The quantitative estimate of drug-likeness (QED) is 0.413. The van der Waals surface area contributed by atoms with E-state index in [2.05, 4.69) is 34.6 Å². The van der Waals surface area contributed by atoms with Gasteiger partial charge in [0.2, 0.25) is 0 Å². The van der Waals surface area contributed by atoms with Gasteiger partial charge in [0, 0.05) is 36.2 Å². The number of carbonyl (C=O) groups is 1. The first-order chi connectivity index (χ1) is 14.1. The fourth-order valence-corrected chi connectivity index (χ4v) is 2.76. The van der Waals surface area contributed by atoms with Crippen LogP contribution in [0.1, 0.15) is 15.9 Å². The number of benzene rings is 2. The summed E-state index contributed by atoms with van der Waals surface area (Å²) in [5.74, 6) is -0.0342. The van der Waals surface area contributed by atoms with Gasteiger partial charge in [0.15, 0.2) is 5.78 Å². The number of hydrogen-bond donors (Lipinski definition) is 2. The fraction of sp³-hybridized carbons (Fsp3) is 0.167. The second kappa shape index (κ2) is 10.2. The van der Waals surface area contributed by atoms with Gasteiger partial charge in [-0.1, -0.05) is 30.3 Å². The highest BCUT2D eigenvalue weighted by atomic mass is 16.1. The standard InChI is InChI=1S/C24H26N4O/c1-28(2)16-15-26-21-11-8-19(9-12-21)10-13-24(29)20-5-3-6-22(17-20)27-23-7-4-14-25-18-23/h3-14,17-18,26-27H,15-16H2,1-2H3. The summed E-state index contributed by atoms with van der Waals surface area (Å²) in [6, 6.07) is 19.3. The van der Waals surface area contributed by atoms with Crippen molar-refractivity contribution in [3.63, 3.8) is 0 Å². The van der Waals surface area contributed by atoms with Gasteiger partial charge >= 0.3 is 0 Å². The Morgan fingerprint density at radius 3 is 2.52 bits per heavy atom.